The van der Waals surface area contributed by atoms with Crippen LogP contribution in [-0.4, -0.2) is 14.1 Å². The molecular formula is C22H20N2O. The Kier molecular flexibility index (Phi) is 3.57. The molecule has 0 saturated heterocycles. The molecule has 0 radical (unpaired) electrons. The molecule has 2 aliphatic rings. The van der Waals surface area contributed by atoms with Gasteiger partial charge in [0.2, 0.25) is 0 Å². The van der Waals surface area contributed by atoms with Crippen LogP contribution >= 0.6 is 0 Å². The second-order valence-corrected chi connectivity index (χ2v) is 6.63. The van der Waals surface area contributed by atoms with E-state index >= 15 is 0 Å². The highest BCUT2D eigenvalue weighted by Crippen LogP contribution is 2.40. The quantitative estimate of drug-likeness (QED) is 0.523. The molecule has 0 atom stereocenters. The van der Waals surface area contributed by atoms with Gasteiger partial charge < -0.3 is 14.7 Å². The van der Waals surface area contributed by atoms with Crippen molar-refractivity contribution in [3.63, 3.8) is 0 Å². The van der Waals surface area contributed by atoms with Crippen molar-refractivity contribution >= 4 is 16.7 Å². The molecule has 124 valence electrons. The molecule has 1 N–H and O–H groups in total. The van der Waals surface area contributed by atoms with E-state index in [0.717, 1.165) is 39.1 Å². The first kappa shape index (κ1) is 15.5. The van der Waals surface area contributed by atoms with Crippen LogP contribution in [0.5, 0.6) is 0 Å². The maximum absolute atomic E-state index is 7.93. The Hall–Kier alpha value is -3.07. The fourth-order valence-corrected chi connectivity index (χ4v) is 3.19. The fraction of sp³-hybridized carbons (Fsp3) is 0.136. The summed E-state index contributed by atoms with van der Waals surface area (Å²) >= 11 is 0. The van der Waals surface area contributed by atoms with Gasteiger partial charge in [-0.25, -0.2) is 0 Å². The molecule has 0 amide bonds. The van der Waals surface area contributed by atoms with Crippen LogP contribution in [0.15, 0.2) is 65.1 Å². The number of benzene rings is 3. The van der Waals surface area contributed by atoms with Crippen molar-refractivity contribution < 1.29 is 4.42 Å². The van der Waals surface area contributed by atoms with Gasteiger partial charge in [-0.3, -0.25) is 0 Å². The number of hydrogen-bond acceptors (Lipinski definition) is 3. The second-order valence-electron chi connectivity index (χ2n) is 6.63. The van der Waals surface area contributed by atoms with Gasteiger partial charge in [0.1, 0.15) is 11.3 Å². The first-order valence-electron chi connectivity index (χ1n) is 8.32. The van der Waals surface area contributed by atoms with E-state index in [9.17, 15) is 0 Å². The molecule has 2 aromatic carbocycles. The van der Waals surface area contributed by atoms with Gasteiger partial charge in [0.15, 0.2) is 0 Å². The van der Waals surface area contributed by atoms with E-state index in [1.807, 2.05) is 26.2 Å². The van der Waals surface area contributed by atoms with Crippen molar-refractivity contribution in [2.45, 2.75) is 6.92 Å². The molecule has 0 spiro atoms. The zero-order valence-electron chi connectivity index (χ0n) is 14.6. The second kappa shape index (κ2) is 5.78. The van der Waals surface area contributed by atoms with E-state index in [-0.39, 0.29) is 0 Å². The van der Waals surface area contributed by atoms with E-state index in [1.165, 1.54) is 5.56 Å². The predicted molar refractivity (Wildman–Crippen MR) is 103 cm³/mol. The van der Waals surface area contributed by atoms with Crippen molar-refractivity contribution in [3.8, 4) is 22.5 Å². The summed E-state index contributed by atoms with van der Waals surface area (Å²) in [4.78, 5) is 2.06. The average Bonchev–Trinajstić information content (AvgIpc) is 2.60. The third kappa shape index (κ3) is 2.68. The van der Waals surface area contributed by atoms with Crippen LogP contribution in [0.4, 0.5) is 5.69 Å². The molecule has 4 rings (SSSR count). The van der Waals surface area contributed by atoms with Crippen LogP contribution in [0.25, 0.3) is 33.4 Å². The highest BCUT2D eigenvalue weighted by Gasteiger charge is 2.17. The predicted octanol–water partition coefficient (Wildman–Crippen LogP) is 5.06. The minimum Gasteiger partial charge on any atom is -0.456 e. The van der Waals surface area contributed by atoms with Crippen molar-refractivity contribution in [2.75, 3.05) is 19.0 Å². The SMILES string of the molecule is Cc1ccc(-c2c3ccc(=N)cc-3oc3cc(N(C)C)ccc23)cc1. The maximum atomic E-state index is 7.93. The average molecular weight is 328 g/mol. The van der Waals surface area contributed by atoms with Gasteiger partial charge in [-0.2, -0.15) is 0 Å². The topological polar surface area (TPSA) is 40.2 Å². The molecule has 3 nitrogen and oxygen atoms in total. The molecular weight excluding hydrogens is 308 g/mol. The maximum Gasteiger partial charge on any atom is 0.137 e. The Labute approximate surface area is 147 Å². The summed E-state index contributed by atoms with van der Waals surface area (Å²) in [6, 6.07) is 20.4. The molecule has 1 aliphatic heterocycles. The van der Waals surface area contributed by atoms with Gasteiger partial charge in [-0.15, -0.1) is 0 Å². The van der Waals surface area contributed by atoms with Gasteiger partial charge in [0.25, 0.3) is 0 Å². The molecule has 1 aliphatic carbocycles. The lowest BCUT2D eigenvalue weighted by atomic mass is 9.93. The third-order valence-corrected chi connectivity index (χ3v) is 4.56. The van der Waals surface area contributed by atoms with E-state index in [1.54, 1.807) is 6.07 Å². The van der Waals surface area contributed by atoms with Gasteiger partial charge in [-0.05, 0) is 36.8 Å². The summed E-state index contributed by atoms with van der Waals surface area (Å²) in [5.41, 5.74) is 6.51. The molecule has 3 heteroatoms. The Balaban J connectivity index is 2.12. The van der Waals surface area contributed by atoms with Crippen LogP contribution in [0.2, 0.25) is 0 Å². The standard InChI is InChI=1S/C22H20N2O/c1-14-4-6-15(7-5-14)22-18-10-8-16(23)12-20(18)25-21-13-17(24(2)3)9-11-19(21)22/h4-13,23H,1-3H3. The minimum atomic E-state index is 0.453. The number of fused-ring (bicyclic) bond motifs is 2. The normalized spacial score (nSPS) is 11.2. The van der Waals surface area contributed by atoms with Crippen LogP contribution in [0.3, 0.4) is 0 Å². The number of aryl methyl sites for hydroxylation is 1. The first-order chi connectivity index (χ1) is 12.0. The summed E-state index contributed by atoms with van der Waals surface area (Å²) in [5, 5.41) is 9.47. The van der Waals surface area contributed by atoms with E-state index < -0.39 is 0 Å². The smallest absolute Gasteiger partial charge is 0.137 e. The summed E-state index contributed by atoms with van der Waals surface area (Å²) in [6.45, 7) is 2.09. The van der Waals surface area contributed by atoms with Gasteiger partial charge in [0, 0.05) is 48.4 Å². The Morgan fingerprint density at radius 1 is 0.880 bits per heavy atom. The summed E-state index contributed by atoms with van der Waals surface area (Å²) in [6.07, 6.45) is 0. The van der Waals surface area contributed by atoms with Gasteiger partial charge in [0.05, 0.1) is 5.36 Å². The summed E-state index contributed by atoms with van der Waals surface area (Å²) in [5.74, 6) is 0.742. The monoisotopic (exact) mass is 328 g/mol. The first-order valence-corrected chi connectivity index (χ1v) is 8.32. The largest absolute Gasteiger partial charge is 0.456 e. The molecule has 0 saturated carbocycles. The van der Waals surface area contributed by atoms with E-state index in [2.05, 4.69) is 54.3 Å². The van der Waals surface area contributed by atoms with Crippen LogP contribution in [0, 0.1) is 12.3 Å². The molecule has 0 bridgehead atoms. The number of nitrogens with zero attached hydrogens (tertiary/aromatic N) is 1. The Bertz CT molecular complexity index is 1090. The summed E-state index contributed by atoms with van der Waals surface area (Å²) < 4.78 is 6.16. The lowest BCUT2D eigenvalue weighted by Gasteiger charge is -2.18. The van der Waals surface area contributed by atoms with Gasteiger partial charge >= 0.3 is 0 Å². The highest BCUT2D eigenvalue weighted by atomic mass is 16.3. The molecule has 0 aromatic heterocycles. The zero-order valence-corrected chi connectivity index (χ0v) is 14.6. The van der Waals surface area contributed by atoms with Crippen molar-refractivity contribution in [2.24, 2.45) is 0 Å². The van der Waals surface area contributed by atoms with E-state index in [4.69, 9.17) is 9.83 Å². The Morgan fingerprint density at radius 3 is 2.36 bits per heavy atom. The molecule has 2 aromatic rings. The van der Waals surface area contributed by atoms with E-state index in [0.29, 0.717) is 5.36 Å². The number of nitrogens with one attached hydrogen (secondary N) is 1. The number of anilines is 1. The Morgan fingerprint density at radius 2 is 1.64 bits per heavy atom. The number of hydrogen-bond donors (Lipinski definition) is 1. The van der Waals surface area contributed by atoms with Crippen molar-refractivity contribution in [1.29, 1.82) is 5.41 Å². The molecule has 0 fully saturated rings. The fourth-order valence-electron chi connectivity index (χ4n) is 3.19. The molecule has 0 unspecified atom stereocenters. The lowest BCUT2D eigenvalue weighted by molar-refractivity contribution is 0.619. The highest BCUT2D eigenvalue weighted by molar-refractivity contribution is 6.02. The number of rotatable bonds is 2. The zero-order chi connectivity index (χ0) is 17.6. The lowest BCUT2D eigenvalue weighted by Crippen LogP contribution is -2.08. The molecule has 25 heavy (non-hydrogen) atoms. The molecule has 1 heterocycles. The minimum absolute atomic E-state index is 0.453. The third-order valence-electron chi connectivity index (χ3n) is 4.56. The van der Waals surface area contributed by atoms with Crippen molar-refractivity contribution in [1.82, 2.24) is 0 Å². The summed E-state index contributed by atoms with van der Waals surface area (Å²) in [7, 11) is 4.04. The van der Waals surface area contributed by atoms with Gasteiger partial charge in [-0.1, -0.05) is 29.8 Å². The van der Waals surface area contributed by atoms with Crippen molar-refractivity contribution in [3.05, 3.63) is 71.6 Å². The van der Waals surface area contributed by atoms with Crippen LogP contribution in [-0.2, 0) is 0 Å². The van der Waals surface area contributed by atoms with Crippen LogP contribution in [0.1, 0.15) is 5.56 Å². The van der Waals surface area contributed by atoms with Crippen LogP contribution < -0.4 is 10.3 Å².